The van der Waals surface area contributed by atoms with Crippen LogP contribution in [0.4, 0.5) is 11.6 Å². The summed E-state index contributed by atoms with van der Waals surface area (Å²) < 4.78 is 7.14. The molecule has 0 saturated carbocycles. The van der Waals surface area contributed by atoms with Gasteiger partial charge in [-0.25, -0.2) is 4.68 Å². The zero-order valence-corrected chi connectivity index (χ0v) is 15.2. The molecule has 0 radical (unpaired) electrons. The number of carbonyl (C=O) groups excluding carboxylic acids is 1. The summed E-state index contributed by atoms with van der Waals surface area (Å²) in [4.78, 5) is 17.6. The van der Waals surface area contributed by atoms with Crippen LogP contribution in [0.1, 0.15) is 18.5 Å². The van der Waals surface area contributed by atoms with E-state index in [9.17, 15) is 4.79 Å². The van der Waals surface area contributed by atoms with E-state index in [1.807, 2.05) is 61.5 Å². The van der Waals surface area contributed by atoms with Gasteiger partial charge in [-0.1, -0.05) is 42.5 Å². The van der Waals surface area contributed by atoms with Crippen molar-refractivity contribution in [3.8, 4) is 5.75 Å². The molecule has 27 heavy (non-hydrogen) atoms. The van der Waals surface area contributed by atoms with Crippen LogP contribution in [0, 0.1) is 5.92 Å². The van der Waals surface area contributed by atoms with Crippen molar-refractivity contribution in [2.75, 3.05) is 17.7 Å². The summed E-state index contributed by atoms with van der Waals surface area (Å²) in [5, 5.41) is 10.7. The van der Waals surface area contributed by atoms with Crippen LogP contribution in [0.2, 0.25) is 0 Å². The summed E-state index contributed by atoms with van der Waals surface area (Å²) in [7, 11) is 1.59. The van der Waals surface area contributed by atoms with Crippen LogP contribution in [0.25, 0.3) is 0 Å². The van der Waals surface area contributed by atoms with Gasteiger partial charge < -0.3 is 15.4 Å². The smallest absolute Gasteiger partial charge is 0.232 e. The lowest BCUT2D eigenvalue weighted by molar-refractivity contribution is -0.121. The molecule has 7 nitrogen and oxygen atoms in total. The van der Waals surface area contributed by atoms with Crippen molar-refractivity contribution in [3.05, 3.63) is 66.5 Å². The Labute approximate surface area is 157 Å². The molecule has 0 bridgehead atoms. The first-order valence-electron chi connectivity index (χ1n) is 8.84. The lowest BCUT2D eigenvalue weighted by Gasteiger charge is -2.36. The fourth-order valence-electron chi connectivity index (χ4n) is 3.61. The molecule has 138 valence electrons. The maximum atomic E-state index is 13.3. The summed E-state index contributed by atoms with van der Waals surface area (Å²) in [6, 6.07) is 16.9. The van der Waals surface area contributed by atoms with Crippen LogP contribution in [0.15, 0.2) is 60.9 Å². The minimum absolute atomic E-state index is 0.102. The number of methoxy groups -OCH3 is 1. The number of aromatic nitrogens is 3. The van der Waals surface area contributed by atoms with Crippen LogP contribution in [0.5, 0.6) is 5.75 Å². The van der Waals surface area contributed by atoms with Crippen LogP contribution >= 0.6 is 0 Å². The van der Waals surface area contributed by atoms with Gasteiger partial charge in [-0.05, 0) is 24.6 Å². The molecule has 0 saturated heterocycles. The van der Waals surface area contributed by atoms with E-state index in [2.05, 4.69) is 20.7 Å². The molecule has 0 spiro atoms. The highest BCUT2D eigenvalue weighted by molar-refractivity contribution is 5.95. The molecule has 2 aromatic carbocycles. The molecular weight excluding hydrogens is 342 g/mol. The third-order valence-electron chi connectivity index (χ3n) is 4.88. The highest BCUT2D eigenvalue weighted by Gasteiger charge is 2.41. The summed E-state index contributed by atoms with van der Waals surface area (Å²) in [6.45, 7) is 1.99. The Balaban J connectivity index is 1.72. The van der Waals surface area contributed by atoms with Gasteiger partial charge in [0.2, 0.25) is 11.9 Å². The minimum Gasteiger partial charge on any atom is -0.495 e. The van der Waals surface area contributed by atoms with Crippen molar-refractivity contribution >= 4 is 17.5 Å². The molecule has 0 fully saturated rings. The number of hydrogen-bond acceptors (Lipinski definition) is 5. The quantitative estimate of drug-likeness (QED) is 0.745. The van der Waals surface area contributed by atoms with Gasteiger partial charge in [0.05, 0.1) is 24.8 Å². The number of amides is 1. The van der Waals surface area contributed by atoms with Gasteiger partial charge in [-0.15, -0.1) is 0 Å². The fourth-order valence-corrected chi connectivity index (χ4v) is 3.61. The zero-order chi connectivity index (χ0) is 18.8. The highest BCUT2D eigenvalue weighted by atomic mass is 16.5. The van der Waals surface area contributed by atoms with E-state index in [-0.39, 0.29) is 23.9 Å². The van der Waals surface area contributed by atoms with Crippen molar-refractivity contribution in [1.82, 2.24) is 14.8 Å². The lowest BCUT2D eigenvalue weighted by Crippen LogP contribution is -2.46. The molecule has 4 rings (SSSR count). The molecule has 1 aliphatic heterocycles. The van der Waals surface area contributed by atoms with Gasteiger partial charge >= 0.3 is 0 Å². The molecule has 3 atom stereocenters. The maximum Gasteiger partial charge on any atom is 0.232 e. The standard InChI is InChI=1S/C20H21N5O2/c1-13-17(19(26)24-15-10-6-7-11-16(15)27-2)18(14-8-4-3-5-9-14)25-20(23-13)21-12-22-25/h3-13,17-18H,1-2H3,(H,24,26)(H,21,22,23). The number of fused-ring (bicyclic) bond motifs is 1. The number of carbonyl (C=O) groups is 1. The molecule has 7 heteroatoms. The third-order valence-corrected chi connectivity index (χ3v) is 4.88. The van der Waals surface area contributed by atoms with Crippen molar-refractivity contribution in [3.63, 3.8) is 0 Å². The number of hydrogen-bond donors (Lipinski definition) is 2. The van der Waals surface area contributed by atoms with Crippen molar-refractivity contribution in [2.45, 2.75) is 19.0 Å². The first-order chi connectivity index (χ1) is 13.2. The minimum atomic E-state index is -0.383. The Morgan fingerprint density at radius 2 is 1.89 bits per heavy atom. The predicted octanol–water partition coefficient (Wildman–Crippen LogP) is 2.95. The van der Waals surface area contributed by atoms with E-state index in [1.54, 1.807) is 11.8 Å². The number of benzene rings is 2. The Morgan fingerprint density at radius 3 is 2.67 bits per heavy atom. The van der Waals surface area contributed by atoms with Crippen molar-refractivity contribution < 1.29 is 9.53 Å². The van der Waals surface area contributed by atoms with Gasteiger partial charge in [0.15, 0.2) is 0 Å². The monoisotopic (exact) mass is 363 g/mol. The second kappa shape index (κ2) is 7.11. The topological polar surface area (TPSA) is 81.1 Å². The Kier molecular flexibility index (Phi) is 4.50. The Bertz CT molecular complexity index is 940. The normalized spacial score (nSPS) is 21.0. The molecule has 2 N–H and O–H groups in total. The summed E-state index contributed by atoms with van der Waals surface area (Å²) >= 11 is 0. The van der Waals surface area contributed by atoms with E-state index in [1.165, 1.54) is 6.33 Å². The molecule has 0 aliphatic carbocycles. The van der Waals surface area contributed by atoms with Crippen LogP contribution in [0.3, 0.4) is 0 Å². The lowest BCUT2D eigenvalue weighted by atomic mass is 9.85. The number of nitrogens with one attached hydrogen (secondary N) is 2. The van der Waals surface area contributed by atoms with E-state index >= 15 is 0 Å². The van der Waals surface area contributed by atoms with E-state index in [0.29, 0.717) is 17.4 Å². The number of ether oxygens (including phenoxy) is 1. The Hall–Kier alpha value is -3.35. The largest absolute Gasteiger partial charge is 0.495 e. The van der Waals surface area contributed by atoms with Crippen molar-refractivity contribution in [1.29, 1.82) is 0 Å². The summed E-state index contributed by atoms with van der Waals surface area (Å²) in [6.07, 6.45) is 1.51. The molecule has 1 amide bonds. The SMILES string of the molecule is COc1ccccc1NC(=O)C1C(C)Nc2ncnn2C1c1ccccc1. The average molecular weight is 363 g/mol. The maximum absolute atomic E-state index is 13.3. The molecule has 1 aliphatic rings. The number of anilines is 2. The first-order valence-corrected chi connectivity index (χ1v) is 8.84. The first kappa shape index (κ1) is 17.1. The van der Waals surface area contributed by atoms with E-state index in [0.717, 1.165) is 5.56 Å². The number of para-hydroxylation sites is 2. The van der Waals surface area contributed by atoms with Gasteiger partial charge in [0.1, 0.15) is 12.1 Å². The van der Waals surface area contributed by atoms with Crippen LogP contribution < -0.4 is 15.4 Å². The molecule has 1 aromatic heterocycles. The third kappa shape index (κ3) is 3.12. The van der Waals surface area contributed by atoms with Crippen molar-refractivity contribution in [2.24, 2.45) is 5.92 Å². The second-order valence-electron chi connectivity index (χ2n) is 6.53. The van der Waals surface area contributed by atoms with Crippen LogP contribution in [-0.4, -0.2) is 33.8 Å². The summed E-state index contributed by atoms with van der Waals surface area (Å²) in [5.41, 5.74) is 1.66. The predicted molar refractivity (Wildman–Crippen MR) is 103 cm³/mol. The van der Waals surface area contributed by atoms with E-state index in [4.69, 9.17) is 4.74 Å². The average Bonchev–Trinajstić information content (AvgIpc) is 3.15. The highest BCUT2D eigenvalue weighted by Crippen LogP contribution is 2.36. The van der Waals surface area contributed by atoms with Gasteiger partial charge in [0, 0.05) is 6.04 Å². The molecular formula is C20H21N5O2. The molecule has 3 aromatic rings. The summed E-state index contributed by atoms with van der Waals surface area (Å²) in [5.74, 6) is 0.804. The molecule has 2 heterocycles. The Morgan fingerprint density at radius 1 is 1.15 bits per heavy atom. The zero-order valence-electron chi connectivity index (χ0n) is 15.2. The molecule has 3 unspecified atom stereocenters. The second-order valence-corrected chi connectivity index (χ2v) is 6.53. The van der Waals surface area contributed by atoms with Gasteiger partial charge in [-0.2, -0.15) is 10.1 Å². The van der Waals surface area contributed by atoms with Crippen LogP contribution in [-0.2, 0) is 4.79 Å². The number of nitrogens with zero attached hydrogens (tertiary/aromatic N) is 3. The van der Waals surface area contributed by atoms with Gasteiger partial charge in [0.25, 0.3) is 0 Å². The van der Waals surface area contributed by atoms with E-state index < -0.39 is 0 Å². The number of rotatable bonds is 4. The fraction of sp³-hybridized carbons (Fsp3) is 0.250. The van der Waals surface area contributed by atoms with Gasteiger partial charge in [-0.3, -0.25) is 4.79 Å².